The fraction of sp³-hybridized carbons (Fsp3) is 0.562. The summed E-state index contributed by atoms with van der Waals surface area (Å²) in [5.41, 5.74) is 0. The highest BCUT2D eigenvalue weighted by molar-refractivity contribution is 7.99. The highest BCUT2D eigenvalue weighted by Gasteiger charge is 2.17. The van der Waals surface area contributed by atoms with E-state index in [0.29, 0.717) is 6.61 Å². The molecular weight excluding hydrogens is 282 g/mol. The van der Waals surface area contributed by atoms with Crippen molar-refractivity contribution in [2.24, 2.45) is 4.99 Å². The predicted octanol–water partition coefficient (Wildman–Crippen LogP) is 2.71. The van der Waals surface area contributed by atoms with Gasteiger partial charge < -0.3 is 15.0 Å². The van der Waals surface area contributed by atoms with Gasteiger partial charge in [0, 0.05) is 25.4 Å². The molecule has 21 heavy (non-hydrogen) atoms. The Labute approximate surface area is 133 Å². The van der Waals surface area contributed by atoms with Crippen LogP contribution >= 0.6 is 11.8 Å². The van der Waals surface area contributed by atoms with E-state index >= 15 is 0 Å². The number of rotatable bonds is 7. The lowest BCUT2D eigenvalue weighted by atomic mass is 10.2. The van der Waals surface area contributed by atoms with E-state index in [1.165, 1.54) is 0 Å². The zero-order chi connectivity index (χ0) is 15.7. The second-order valence-electron chi connectivity index (χ2n) is 5.45. The molecule has 1 aromatic rings. The number of guanidine groups is 1. The first-order valence-corrected chi connectivity index (χ1v) is 8.36. The van der Waals surface area contributed by atoms with Gasteiger partial charge in [-0.1, -0.05) is 18.2 Å². The number of ether oxygens (including phenoxy) is 1. The Morgan fingerprint density at radius 2 is 2.00 bits per heavy atom. The maximum Gasteiger partial charge on any atom is 0.193 e. The second kappa shape index (κ2) is 8.82. The molecule has 118 valence electrons. The Hall–Kier alpha value is -1.36. The number of nitrogens with zero attached hydrogens (tertiary/aromatic N) is 2. The zero-order valence-electron chi connectivity index (χ0n) is 13.7. The zero-order valence-corrected chi connectivity index (χ0v) is 14.5. The number of para-hydroxylation sites is 1. The fourth-order valence-corrected chi connectivity index (χ4v) is 1.89. The minimum absolute atomic E-state index is 0.192. The Kier molecular flexibility index (Phi) is 7.43. The highest BCUT2D eigenvalue weighted by Crippen LogP contribution is 2.19. The summed E-state index contributed by atoms with van der Waals surface area (Å²) in [5.74, 6) is 1.80. The van der Waals surface area contributed by atoms with Gasteiger partial charge in [-0.15, -0.1) is 0 Å². The van der Waals surface area contributed by atoms with Crippen molar-refractivity contribution in [1.29, 1.82) is 0 Å². The van der Waals surface area contributed by atoms with Gasteiger partial charge >= 0.3 is 0 Å². The number of nitrogens with one attached hydrogen (secondary N) is 1. The number of aliphatic imine (C=N–C) groups is 1. The fourth-order valence-electron chi connectivity index (χ4n) is 1.67. The molecule has 0 aliphatic heterocycles. The largest absolute Gasteiger partial charge is 0.492 e. The maximum atomic E-state index is 5.71. The molecule has 0 saturated heterocycles. The summed E-state index contributed by atoms with van der Waals surface area (Å²) < 4.78 is 5.90. The molecule has 0 heterocycles. The molecule has 0 unspecified atom stereocenters. The topological polar surface area (TPSA) is 36.9 Å². The van der Waals surface area contributed by atoms with Crippen LogP contribution in [0.4, 0.5) is 0 Å². The van der Waals surface area contributed by atoms with Gasteiger partial charge in [0.15, 0.2) is 5.96 Å². The number of hydrogen-bond acceptors (Lipinski definition) is 3. The minimum atomic E-state index is 0.192. The van der Waals surface area contributed by atoms with Crippen LogP contribution in [0.1, 0.15) is 13.8 Å². The summed E-state index contributed by atoms with van der Waals surface area (Å²) in [4.78, 5) is 6.40. The smallest absolute Gasteiger partial charge is 0.193 e. The monoisotopic (exact) mass is 309 g/mol. The first kappa shape index (κ1) is 17.7. The molecular formula is C16H27N3OS. The molecule has 0 bridgehead atoms. The SMILES string of the molecule is CN=C(NCC(C)(C)SC)N(C)CCOc1ccccc1. The van der Waals surface area contributed by atoms with Gasteiger partial charge in [0.1, 0.15) is 12.4 Å². The molecule has 0 atom stereocenters. The molecule has 1 N–H and O–H groups in total. The molecule has 0 amide bonds. The van der Waals surface area contributed by atoms with Crippen molar-refractivity contribution in [2.45, 2.75) is 18.6 Å². The summed E-state index contributed by atoms with van der Waals surface area (Å²) in [6, 6.07) is 9.87. The van der Waals surface area contributed by atoms with Crippen molar-refractivity contribution >= 4 is 17.7 Å². The van der Waals surface area contributed by atoms with E-state index in [4.69, 9.17) is 4.74 Å². The van der Waals surface area contributed by atoms with Gasteiger partial charge in [-0.2, -0.15) is 11.8 Å². The van der Waals surface area contributed by atoms with E-state index in [9.17, 15) is 0 Å². The molecule has 1 aromatic carbocycles. The van der Waals surface area contributed by atoms with Gasteiger partial charge in [0.05, 0.1) is 6.54 Å². The van der Waals surface area contributed by atoms with Crippen LogP contribution in [0.3, 0.4) is 0 Å². The van der Waals surface area contributed by atoms with Gasteiger partial charge in [0.25, 0.3) is 0 Å². The quantitative estimate of drug-likeness (QED) is 0.621. The standard InChI is InChI=1S/C16H27N3OS/c1-16(2,21-5)13-18-15(17-3)19(4)11-12-20-14-9-7-6-8-10-14/h6-10H,11-13H2,1-5H3,(H,17,18). The minimum Gasteiger partial charge on any atom is -0.492 e. The van der Waals surface area contributed by atoms with Gasteiger partial charge in [-0.25, -0.2) is 0 Å². The van der Waals surface area contributed by atoms with Crippen LogP contribution in [0.15, 0.2) is 35.3 Å². The van der Waals surface area contributed by atoms with E-state index in [1.807, 2.05) is 56.2 Å². The first-order valence-electron chi connectivity index (χ1n) is 7.13. The van der Waals surface area contributed by atoms with Gasteiger partial charge in [0.2, 0.25) is 0 Å². The lowest BCUT2D eigenvalue weighted by Gasteiger charge is -2.27. The molecule has 0 aromatic heterocycles. The summed E-state index contributed by atoms with van der Waals surface area (Å²) in [5, 5.41) is 3.41. The van der Waals surface area contributed by atoms with Crippen molar-refractivity contribution in [2.75, 3.05) is 40.0 Å². The van der Waals surface area contributed by atoms with Gasteiger partial charge in [-0.3, -0.25) is 4.99 Å². The predicted molar refractivity (Wildman–Crippen MR) is 93.5 cm³/mol. The van der Waals surface area contributed by atoms with Crippen LogP contribution < -0.4 is 10.1 Å². The summed E-state index contributed by atoms with van der Waals surface area (Å²) in [6.07, 6.45) is 2.13. The molecule has 0 radical (unpaired) electrons. The van der Waals surface area contributed by atoms with Crippen LogP contribution in [0.2, 0.25) is 0 Å². The Balaban J connectivity index is 2.36. The number of thioether (sulfide) groups is 1. The van der Waals surface area contributed by atoms with E-state index in [2.05, 4.69) is 35.3 Å². The highest BCUT2D eigenvalue weighted by atomic mass is 32.2. The average molecular weight is 309 g/mol. The van der Waals surface area contributed by atoms with Crippen molar-refractivity contribution in [3.8, 4) is 5.75 Å². The lowest BCUT2D eigenvalue weighted by molar-refractivity contribution is 0.281. The van der Waals surface area contributed by atoms with Crippen LogP contribution in [0.5, 0.6) is 5.75 Å². The van der Waals surface area contributed by atoms with Crippen molar-refractivity contribution in [1.82, 2.24) is 10.2 Å². The molecule has 4 nitrogen and oxygen atoms in total. The molecule has 0 aliphatic rings. The van der Waals surface area contributed by atoms with Crippen LogP contribution in [0, 0.1) is 0 Å². The van der Waals surface area contributed by atoms with Crippen molar-refractivity contribution in [3.63, 3.8) is 0 Å². The third-order valence-corrected chi connectivity index (χ3v) is 4.49. The Morgan fingerprint density at radius 3 is 2.57 bits per heavy atom. The normalized spacial score (nSPS) is 12.1. The van der Waals surface area contributed by atoms with Gasteiger partial charge in [-0.05, 0) is 32.2 Å². The molecule has 0 saturated carbocycles. The van der Waals surface area contributed by atoms with Crippen LogP contribution in [0.25, 0.3) is 0 Å². The molecule has 5 heteroatoms. The first-order chi connectivity index (χ1) is 9.98. The van der Waals surface area contributed by atoms with Crippen molar-refractivity contribution < 1.29 is 4.74 Å². The number of benzene rings is 1. The Morgan fingerprint density at radius 1 is 1.33 bits per heavy atom. The summed E-state index contributed by atoms with van der Waals surface area (Å²) >= 11 is 1.85. The molecule has 0 aliphatic carbocycles. The Bertz CT molecular complexity index is 434. The third-order valence-electron chi connectivity index (χ3n) is 3.24. The molecule has 0 fully saturated rings. The van der Waals surface area contributed by atoms with Crippen molar-refractivity contribution in [3.05, 3.63) is 30.3 Å². The van der Waals surface area contributed by atoms with E-state index in [-0.39, 0.29) is 4.75 Å². The van der Waals surface area contributed by atoms with Crippen LogP contribution in [-0.2, 0) is 0 Å². The second-order valence-corrected chi connectivity index (χ2v) is 6.96. The van der Waals surface area contributed by atoms with E-state index in [0.717, 1.165) is 24.8 Å². The van der Waals surface area contributed by atoms with E-state index in [1.54, 1.807) is 0 Å². The summed E-state index contributed by atoms with van der Waals surface area (Å²) in [6.45, 7) is 6.74. The maximum absolute atomic E-state index is 5.71. The van der Waals surface area contributed by atoms with E-state index < -0.39 is 0 Å². The summed E-state index contributed by atoms with van der Waals surface area (Å²) in [7, 11) is 3.83. The average Bonchev–Trinajstić information content (AvgIpc) is 2.49. The van der Waals surface area contributed by atoms with Crippen LogP contribution in [-0.4, -0.2) is 55.7 Å². The number of hydrogen-bond donors (Lipinski definition) is 1. The number of likely N-dealkylation sites (N-methyl/N-ethyl adjacent to an activating group) is 1. The molecule has 0 spiro atoms. The lowest BCUT2D eigenvalue weighted by Crippen LogP contribution is -2.45. The third kappa shape index (κ3) is 6.76. The molecule has 1 rings (SSSR count).